The van der Waals surface area contributed by atoms with E-state index in [2.05, 4.69) is 15.1 Å². The number of carbonyl (C=O) groups is 1. The van der Waals surface area contributed by atoms with Crippen LogP contribution < -0.4 is 0 Å². The van der Waals surface area contributed by atoms with Gasteiger partial charge in [0.15, 0.2) is 0 Å². The fourth-order valence-corrected chi connectivity index (χ4v) is 2.42. The molecule has 20 heavy (non-hydrogen) atoms. The molecule has 2 unspecified atom stereocenters. The molecule has 1 aliphatic carbocycles. The Hall–Kier alpha value is -2.44. The van der Waals surface area contributed by atoms with E-state index in [1.165, 1.54) is 0 Å². The molecule has 1 aliphatic rings. The lowest BCUT2D eigenvalue weighted by molar-refractivity contribution is -0.142. The summed E-state index contributed by atoms with van der Waals surface area (Å²) >= 11 is 0. The SMILES string of the molecule is Cn1cncc1-c1noc(C2CC=CCC2C(=O)O)n1. The standard InChI is InChI=1S/C13H14N4O3/c1-17-7-14-6-10(17)11-15-12(20-16-11)8-4-2-3-5-9(8)13(18)19/h2-3,6-9H,4-5H2,1H3,(H,18,19). The van der Waals surface area contributed by atoms with Gasteiger partial charge in [0, 0.05) is 7.05 Å². The number of hydrogen-bond donors (Lipinski definition) is 1. The first-order valence-electron chi connectivity index (χ1n) is 6.35. The number of hydrogen-bond acceptors (Lipinski definition) is 5. The van der Waals surface area contributed by atoms with Gasteiger partial charge < -0.3 is 14.2 Å². The van der Waals surface area contributed by atoms with Crippen LogP contribution in [0.4, 0.5) is 0 Å². The minimum absolute atomic E-state index is 0.271. The molecule has 1 N–H and O–H groups in total. The first-order chi connectivity index (χ1) is 9.66. The lowest BCUT2D eigenvalue weighted by atomic mass is 9.83. The van der Waals surface area contributed by atoms with Gasteiger partial charge in [-0.3, -0.25) is 4.79 Å². The zero-order valence-corrected chi connectivity index (χ0v) is 10.9. The Bertz CT molecular complexity index is 658. The van der Waals surface area contributed by atoms with Gasteiger partial charge in [0.1, 0.15) is 5.69 Å². The van der Waals surface area contributed by atoms with Gasteiger partial charge in [-0.2, -0.15) is 4.98 Å². The van der Waals surface area contributed by atoms with Crippen molar-refractivity contribution in [1.82, 2.24) is 19.7 Å². The smallest absolute Gasteiger partial charge is 0.307 e. The van der Waals surface area contributed by atoms with Gasteiger partial charge in [-0.1, -0.05) is 17.3 Å². The van der Waals surface area contributed by atoms with E-state index in [4.69, 9.17) is 4.52 Å². The van der Waals surface area contributed by atoms with Crippen molar-refractivity contribution >= 4 is 5.97 Å². The summed E-state index contributed by atoms with van der Waals surface area (Å²) in [5.74, 6) is -0.817. The number of carboxylic acids is 1. The van der Waals surface area contributed by atoms with Gasteiger partial charge in [0.05, 0.1) is 24.4 Å². The molecule has 2 heterocycles. The maximum absolute atomic E-state index is 11.3. The molecule has 0 aliphatic heterocycles. The number of allylic oxidation sites excluding steroid dienone is 2. The molecule has 0 spiro atoms. The summed E-state index contributed by atoms with van der Waals surface area (Å²) in [5.41, 5.74) is 0.734. The fraction of sp³-hybridized carbons (Fsp3) is 0.385. The largest absolute Gasteiger partial charge is 0.481 e. The summed E-state index contributed by atoms with van der Waals surface area (Å²) < 4.78 is 7.05. The van der Waals surface area contributed by atoms with Crippen molar-refractivity contribution in [1.29, 1.82) is 0 Å². The maximum Gasteiger partial charge on any atom is 0.307 e. The van der Waals surface area contributed by atoms with Gasteiger partial charge in [-0.05, 0) is 12.8 Å². The summed E-state index contributed by atoms with van der Waals surface area (Å²) in [5, 5.41) is 13.2. The number of aliphatic carboxylic acids is 1. The van der Waals surface area contributed by atoms with Crippen LogP contribution in [0.3, 0.4) is 0 Å². The number of aromatic nitrogens is 4. The van der Waals surface area contributed by atoms with Crippen LogP contribution >= 0.6 is 0 Å². The van der Waals surface area contributed by atoms with E-state index in [0.717, 1.165) is 5.69 Å². The predicted octanol–water partition coefficient (Wildman–Crippen LogP) is 1.60. The van der Waals surface area contributed by atoms with Crippen LogP contribution in [-0.4, -0.2) is 30.8 Å². The van der Waals surface area contributed by atoms with Crippen LogP contribution in [0.25, 0.3) is 11.5 Å². The van der Waals surface area contributed by atoms with E-state index in [9.17, 15) is 9.90 Å². The highest BCUT2D eigenvalue weighted by molar-refractivity contribution is 5.71. The molecular formula is C13H14N4O3. The van der Waals surface area contributed by atoms with Crippen molar-refractivity contribution in [2.75, 3.05) is 0 Å². The van der Waals surface area contributed by atoms with Gasteiger partial charge >= 0.3 is 5.97 Å². The average molecular weight is 274 g/mol. The molecule has 0 radical (unpaired) electrons. The van der Waals surface area contributed by atoms with E-state index >= 15 is 0 Å². The summed E-state index contributed by atoms with van der Waals surface area (Å²) in [6, 6.07) is 0. The van der Waals surface area contributed by atoms with E-state index in [1.807, 2.05) is 19.2 Å². The van der Waals surface area contributed by atoms with E-state index < -0.39 is 11.9 Å². The number of carboxylic acid groups (broad SMARTS) is 1. The third-order valence-corrected chi connectivity index (χ3v) is 3.55. The van der Waals surface area contributed by atoms with Crippen LogP contribution in [0, 0.1) is 5.92 Å². The lowest BCUT2D eigenvalue weighted by Gasteiger charge is -2.21. The summed E-state index contributed by atoms with van der Waals surface area (Å²) in [6.07, 6.45) is 8.22. The molecule has 0 aromatic carbocycles. The molecule has 0 amide bonds. The summed E-state index contributed by atoms with van der Waals surface area (Å²) in [4.78, 5) is 19.6. The molecule has 7 heteroatoms. The van der Waals surface area contributed by atoms with E-state index in [-0.39, 0.29) is 5.92 Å². The Morgan fingerprint density at radius 3 is 2.95 bits per heavy atom. The van der Waals surface area contributed by atoms with Crippen LogP contribution in [0.5, 0.6) is 0 Å². The van der Waals surface area contributed by atoms with Gasteiger partial charge in [0.25, 0.3) is 0 Å². The van der Waals surface area contributed by atoms with Crippen molar-refractivity contribution in [3.05, 3.63) is 30.6 Å². The van der Waals surface area contributed by atoms with E-state index in [0.29, 0.717) is 24.6 Å². The van der Waals surface area contributed by atoms with E-state index in [1.54, 1.807) is 17.1 Å². The Morgan fingerprint density at radius 1 is 1.45 bits per heavy atom. The van der Waals surface area contributed by atoms with Crippen molar-refractivity contribution in [3.8, 4) is 11.5 Å². The molecule has 0 saturated carbocycles. The topological polar surface area (TPSA) is 94.0 Å². The second-order valence-corrected chi connectivity index (χ2v) is 4.84. The normalized spacial score (nSPS) is 22.1. The third-order valence-electron chi connectivity index (χ3n) is 3.55. The molecule has 0 bridgehead atoms. The highest BCUT2D eigenvalue weighted by Crippen LogP contribution is 2.34. The minimum atomic E-state index is -0.834. The summed E-state index contributed by atoms with van der Waals surface area (Å²) in [6.45, 7) is 0. The second kappa shape index (κ2) is 4.92. The average Bonchev–Trinajstić information content (AvgIpc) is 3.07. The monoisotopic (exact) mass is 274 g/mol. The molecule has 7 nitrogen and oxygen atoms in total. The van der Waals surface area contributed by atoms with Gasteiger partial charge in [0.2, 0.25) is 11.7 Å². The predicted molar refractivity (Wildman–Crippen MR) is 68.7 cm³/mol. The fourth-order valence-electron chi connectivity index (χ4n) is 2.42. The van der Waals surface area contributed by atoms with Crippen LogP contribution in [0.2, 0.25) is 0 Å². The highest BCUT2D eigenvalue weighted by Gasteiger charge is 2.34. The summed E-state index contributed by atoms with van der Waals surface area (Å²) in [7, 11) is 1.84. The quantitative estimate of drug-likeness (QED) is 0.854. The molecule has 2 atom stereocenters. The maximum atomic E-state index is 11.3. The number of nitrogens with zero attached hydrogens (tertiary/aromatic N) is 4. The molecule has 2 aromatic heterocycles. The highest BCUT2D eigenvalue weighted by atomic mass is 16.5. The molecule has 0 saturated heterocycles. The lowest BCUT2D eigenvalue weighted by Crippen LogP contribution is -2.23. The molecular weight excluding hydrogens is 260 g/mol. The van der Waals surface area contributed by atoms with Gasteiger partial charge in [-0.25, -0.2) is 4.98 Å². The van der Waals surface area contributed by atoms with Crippen molar-refractivity contribution < 1.29 is 14.4 Å². The first kappa shape index (κ1) is 12.6. The molecule has 104 valence electrons. The molecule has 3 rings (SSSR count). The van der Waals surface area contributed by atoms with Crippen molar-refractivity contribution in [2.45, 2.75) is 18.8 Å². The Kier molecular flexibility index (Phi) is 3.09. The zero-order chi connectivity index (χ0) is 14.1. The van der Waals surface area contributed by atoms with Crippen LogP contribution in [0.15, 0.2) is 29.2 Å². The van der Waals surface area contributed by atoms with Crippen LogP contribution in [0.1, 0.15) is 24.7 Å². The first-order valence-corrected chi connectivity index (χ1v) is 6.35. The Balaban J connectivity index is 1.91. The molecule has 2 aromatic rings. The Labute approximate surface area is 114 Å². The van der Waals surface area contributed by atoms with Crippen LogP contribution in [-0.2, 0) is 11.8 Å². The second-order valence-electron chi connectivity index (χ2n) is 4.84. The Morgan fingerprint density at radius 2 is 2.25 bits per heavy atom. The number of aryl methyl sites for hydroxylation is 1. The van der Waals surface area contributed by atoms with Crippen molar-refractivity contribution in [3.63, 3.8) is 0 Å². The van der Waals surface area contributed by atoms with Gasteiger partial charge in [-0.15, -0.1) is 0 Å². The molecule has 0 fully saturated rings. The minimum Gasteiger partial charge on any atom is -0.481 e. The van der Waals surface area contributed by atoms with Crippen molar-refractivity contribution in [2.24, 2.45) is 13.0 Å². The zero-order valence-electron chi connectivity index (χ0n) is 10.9. The third kappa shape index (κ3) is 2.11. The number of rotatable bonds is 3. The number of imidazole rings is 1.